The lowest BCUT2D eigenvalue weighted by atomic mass is 9.90. The molecule has 0 amide bonds. The fraction of sp³-hybridized carbons (Fsp3) is 0.529. The second kappa shape index (κ2) is 5.84. The Bertz CT molecular complexity index is 536. The molecule has 0 aliphatic heterocycles. The number of hydrogen-bond donors (Lipinski definition) is 1. The zero-order valence-electron chi connectivity index (χ0n) is 12.4. The van der Waals surface area contributed by atoms with Gasteiger partial charge < -0.3 is 5.73 Å². The second-order valence-electron chi connectivity index (χ2n) is 6.10. The van der Waals surface area contributed by atoms with E-state index in [1.807, 2.05) is 11.3 Å². The van der Waals surface area contributed by atoms with Crippen LogP contribution in [-0.2, 0) is 0 Å². The normalized spacial score (nSPS) is 25.2. The molecule has 1 aliphatic carbocycles. The first kappa shape index (κ1) is 14.1. The molecule has 3 heteroatoms. The molecule has 0 spiro atoms. The van der Waals surface area contributed by atoms with Crippen molar-refractivity contribution < 1.29 is 0 Å². The van der Waals surface area contributed by atoms with Gasteiger partial charge >= 0.3 is 0 Å². The van der Waals surface area contributed by atoms with E-state index in [2.05, 4.69) is 49.2 Å². The van der Waals surface area contributed by atoms with Crippen LogP contribution in [0.5, 0.6) is 0 Å². The average molecular weight is 288 g/mol. The number of fused-ring (bicyclic) bond motifs is 1. The van der Waals surface area contributed by atoms with Crippen LogP contribution in [0.3, 0.4) is 0 Å². The van der Waals surface area contributed by atoms with Gasteiger partial charge in [0, 0.05) is 27.7 Å². The highest BCUT2D eigenvalue weighted by atomic mass is 32.1. The van der Waals surface area contributed by atoms with Crippen molar-refractivity contribution in [3.63, 3.8) is 0 Å². The fourth-order valence-corrected chi connectivity index (χ4v) is 4.40. The quantitative estimate of drug-likeness (QED) is 0.918. The summed E-state index contributed by atoms with van der Waals surface area (Å²) >= 11 is 1.93. The molecule has 0 radical (unpaired) electrons. The summed E-state index contributed by atoms with van der Waals surface area (Å²) in [5, 5.41) is 1.37. The molecule has 3 rings (SSSR count). The first-order valence-corrected chi connectivity index (χ1v) is 8.43. The Labute approximate surface area is 125 Å². The predicted octanol–water partition coefficient (Wildman–Crippen LogP) is 4.16. The van der Waals surface area contributed by atoms with Gasteiger partial charge in [-0.25, -0.2) is 0 Å². The zero-order chi connectivity index (χ0) is 14.1. The molecule has 1 aliphatic rings. The summed E-state index contributed by atoms with van der Waals surface area (Å²) in [6.45, 7) is 2.33. The lowest BCUT2D eigenvalue weighted by molar-refractivity contribution is 0.142. The Kier molecular flexibility index (Phi) is 4.11. The highest BCUT2D eigenvalue weighted by Gasteiger charge is 2.26. The highest BCUT2D eigenvalue weighted by molar-refractivity contribution is 7.19. The Morgan fingerprint density at radius 2 is 1.90 bits per heavy atom. The van der Waals surface area contributed by atoms with Crippen molar-refractivity contribution >= 4 is 21.4 Å². The molecule has 1 aromatic carbocycles. The van der Waals surface area contributed by atoms with E-state index in [4.69, 9.17) is 5.73 Å². The van der Waals surface area contributed by atoms with Crippen molar-refractivity contribution in [2.24, 2.45) is 5.73 Å². The SMILES string of the molecule is CC(c1cc2ccccc2s1)N(C)C1CCC(N)CC1. The minimum atomic E-state index is 0.430. The van der Waals surface area contributed by atoms with E-state index in [0.29, 0.717) is 18.1 Å². The van der Waals surface area contributed by atoms with Gasteiger partial charge in [0.15, 0.2) is 0 Å². The van der Waals surface area contributed by atoms with Crippen LogP contribution in [0.25, 0.3) is 10.1 Å². The molecular weight excluding hydrogens is 264 g/mol. The van der Waals surface area contributed by atoms with Gasteiger partial charge in [-0.05, 0) is 57.2 Å². The summed E-state index contributed by atoms with van der Waals surface area (Å²) in [6.07, 6.45) is 4.84. The number of nitrogens with zero attached hydrogens (tertiary/aromatic N) is 1. The molecule has 108 valence electrons. The number of nitrogens with two attached hydrogens (primary N) is 1. The molecule has 1 atom stereocenters. The molecule has 1 aromatic heterocycles. The van der Waals surface area contributed by atoms with E-state index in [1.54, 1.807) is 0 Å². The summed E-state index contributed by atoms with van der Waals surface area (Å²) in [5.41, 5.74) is 6.02. The van der Waals surface area contributed by atoms with Crippen LogP contribution in [-0.4, -0.2) is 24.0 Å². The van der Waals surface area contributed by atoms with Crippen LogP contribution >= 0.6 is 11.3 Å². The number of thiophene rings is 1. The van der Waals surface area contributed by atoms with Crippen LogP contribution in [0.15, 0.2) is 30.3 Å². The van der Waals surface area contributed by atoms with Crippen molar-refractivity contribution in [3.8, 4) is 0 Å². The third kappa shape index (κ3) is 2.76. The van der Waals surface area contributed by atoms with Gasteiger partial charge in [0.2, 0.25) is 0 Å². The Balaban J connectivity index is 1.75. The van der Waals surface area contributed by atoms with Crippen molar-refractivity contribution in [2.75, 3.05) is 7.05 Å². The van der Waals surface area contributed by atoms with Gasteiger partial charge in [-0.1, -0.05) is 18.2 Å². The van der Waals surface area contributed by atoms with Crippen molar-refractivity contribution in [1.29, 1.82) is 0 Å². The Morgan fingerprint density at radius 3 is 2.60 bits per heavy atom. The predicted molar refractivity (Wildman–Crippen MR) is 88.2 cm³/mol. The first-order chi connectivity index (χ1) is 9.65. The van der Waals surface area contributed by atoms with Crippen molar-refractivity contribution in [1.82, 2.24) is 4.90 Å². The fourth-order valence-electron chi connectivity index (χ4n) is 3.23. The summed E-state index contributed by atoms with van der Waals surface area (Å²) < 4.78 is 1.40. The van der Waals surface area contributed by atoms with E-state index in [0.717, 1.165) is 0 Å². The van der Waals surface area contributed by atoms with Crippen molar-refractivity contribution in [2.45, 2.75) is 50.7 Å². The van der Waals surface area contributed by atoms with Gasteiger partial charge in [-0.15, -0.1) is 11.3 Å². The number of hydrogen-bond acceptors (Lipinski definition) is 3. The van der Waals surface area contributed by atoms with Crippen molar-refractivity contribution in [3.05, 3.63) is 35.2 Å². The Morgan fingerprint density at radius 1 is 1.20 bits per heavy atom. The van der Waals surface area contributed by atoms with E-state index >= 15 is 0 Å². The summed E-state index contributed by atoms with van der Waals surface area (Å²) in [6, 6.07) is 12.6. The monoisotopic (exact) mass is 288 g/mol. The van der Waals surface area contributed by atoms with Crippen LogP contribution < -0.4 is 5.73 Å². The maximum atomic E-state index is 6.02. The third-order valence-corrected chi connectivity index (χ3v) is 6.07. The topological polar surface area (TPSA) is 29.3 Å². The Hall–Kier alpha value is -0.900. The minimum absolute atomic E-state index is 0.430. The van der Waals surface area contributed by atoms with Gasteiger partial charge in [0.05, 0.1) is 0 Å². The third-order valence-electron chi connectivity index (χ3n) is 4.78. The number of rotatable bonds is 3. The molecule has 0 bridgehead atoms. The van der Waals surface area contributed by atoms with Gasteiger partial charge in [-0.3, -0.25) is 4.90 Å². The molecule has 2 N–H and O–H groups in total. The molecule has 2 nitrogen and oxygen atoms in total. The van der Waals surface area contributed by atoms with Crippen LogP contribution in [0.2, 0.25) is 0 Å². The van der Waals surface area contributed by atoms with E-state index < -0.39 is 0 Å². The maximum absolute atomic E-state index is 6.02. The lowest BCUT2D eigenvalue weighted by Gasteiger charge is -2.36. The molecule has 20 heavy (non-hydrogen) atoms. The smallest absolute Gasteiger partial charge is 0.0413 e. The molecule has 1 heterocycles. The van der Waals surface area contributed by atoms with Gasteiger partial charge in [-0.2, -0.15) is 0 Å². The average Bonchev–Trinajstić information content (AvgIpc) is 2.90. The van der Waals surface area contributed by atoms with Crippen LogP contribution in [0, 0.1) is 0 Å². The molecule has 1 fully saturated rings. The molecule has 1 saturated carbocycles. The second-order valence-corrected chi connectivity index (χ2v) is 7.21. The van der Waals surface area contributed by atoms with Gasteiger partial charge in [0.25, 0.3) is 0 Å². The largest absolute Gasteiger partial charge is 0.328 e. The van der Waals surface area contributed by atoms with E-state index in [1.165, 1.54) is 40.6 Å². The molecule has 2 aromatic rings. The lowest BCUT2D eigenvalue weighted by Crippen LogP contribution is -2.39. The maximum Gasteiger partial charge on any atom is 0.0413 e. The molecule has 0 saturated heterocycles. The highest BCUT2D eigenvalue weighted by Crippen LogP contribution is 2.34. The van der Waals surface area contributed by atoms with E-state index in [-0.39, 0.29) is 0 Å². The summed E-state index contributed by atoms with van der Waals surface area (Å²) in [5.74, 6) is 0. The van der Waals surface area contributed by atoms with E-state index in [9.17, 15) is 0 Å². The molecular formula is C17H24N2S. The summed E-state index contributed by atoms with van der Waals surface area (Å²) in [7, 11) is 2.27. The number of benzene rings is 1. The zero-order valence-corrected chi connectivity index (χ0v) is 13.2. The summed E-state index contributed by atoms with van der Waals surface area (Å²) in [4.78, 5) is 4.03. The van der Waals surface area contributed by atoms with Crippen LogP contribution in [0.4, 0.5) is 0 Å². The standard InChI is InChI=1S/C17H24N2S/c1-12(19(2)15-9-7-14(18)8-10-15)17-11-13-5-3-4-6-16(13)20-17/h3-6,11-12,14-15H,7-10,18H2,1-2H3. The van der Waals surface area contributed by atoms with Gasteiger partial charge in [0.1, 0.15) is 0 Å². The molecule has 1 unspecified atom stereocenters. The van der Waals surface area contributed by atoms with Crippen LogP contribution in [0.1, 0.15) is 43.5 Å². The minimum Gasteiger partial charge on any atom is -0.328 e. The first-order valence-electron chi connectivity index (χ1n) is 7.61.